The highest BCUT2D eigenvalue weighted by Gasteiger charge is 2.34. The molecule has 0 radical (unpaired) electrons. The summed E-state index contributed by atoms with van der Waals surface area (Å²) >= 11 is 0. The molecule has 2 amide bonds. The molecule has 0 spiro atoms. The van der Waals surface area contributed by atoms with Gasteiger partial charge < -0.3 is 30.2 Å². The Kier molecular flexibility index (Phi) is 8.73. The third-order valence-corrected chi connectivity index (χ3v) is 6.73. The van der Waals surface area contributed by atoms with Crippen molar-refractivity contribution in [1.29, 1.82) is 0 Å². The molecule has 16 heteroatoms. The van der Waals surface area contributed by atoms with E-state index in [1.54, 1.807) is 0 Å². The number of hydrogen-bond acceptors (Lipinski definition) is 8. The fourth-order valence-electron chi connectivity index (χ4n) is 4.69. The third-order valence-electron chi connectivity index (χ3n) is 6.73. The summed E-state index contributed by atoms with van der Waals surface area (Å²) in [5.41, 5.74) is -1.12. The molecule has 0 atom stereocenters. The van der Waals surface area contributed by atoms with E-state index < -0.39 is 36.6 Å². The fraction of sp³-hybridized carbons (Fsp3) is 0.370. The number of pyridine rings is 1. The minimum absolute atomic E-state index is 0.0660. The van der Waals surface area contributed by atoms with Gasteiger partial charge in [0.1, 0.15) is 5.56 Å². The van der Waals surface area contributed by atoms with Crippen molar-refractivity contribution in [2.45, 2.75) is 57.3 Å². The summed E-state index contributed by atoms with van der Waals surface area (Å²) in [6.07, 6.45) is -1.80. The van der Waals surface area contributed by atoms with Crippen LogP contribution in [0.3, 0.4) is 0 Å². The summed E-state index contributed by atoms with van der Waals surface area (Å²) in [7, 11) is 0. The van der Waals surface area contributed by atoms with Gasteiger partial charge in [-0.2, -0.15) is 23.1 Å². The van der Waals surface area contributed by atoms with Crippen LogP contribution in [0.25, 0.3) is 11.2 Å². The number of nitrogens with zero attached hydrogens (tertiary/aromatic N) is 3. The first kappa shape index (κ1) is 29.7. The molecular formula is C27H26F5N7O4. The number of fused-ring (bicyclic) bond motifs is 1. The van der Waals surface area contributed by atoms with E-state index in [0.29, 0.717) is 5.56 Å². The number of hydrogen-bond donors (Lipinski definition) is 4. The number of anilines is 2. The third kappa shape index (κ3) is 7.37. The standard InChI is InChI=1S/C27H26F5N7O4/c28-21(29)13-42-25-16(23(40)35-15-4-2-1-3-5-15)11-19-22(38-25)39-26(37-19)36-18-10-14(6-7-17(18)27(30,31)32)12-33-24(41)20-8-9-34-43-20/h6-11,15,21H,1-5,12-13H2,(H,33,41)(H,35,40)(H2,36,37,38,39). The van der Waals surface area contributed by atoms with Crippen LogP contribution in [0.1, 0.15) is 64.1 Å². The van der Waals surface area contributed by atoms with Crippen molar-refractivity contribution in [2.24, 2.45) is 0 Å². The second kappa shape index (κ2) is 12.6. The van der Waals surface area contributed by atoms with Gasteiger partial charge >= 0.3 is 6.18 Å². The van der Waals surface area contributed by atoms with Crippen molar-refractivity contribution in [3.05, 3.63) is 59.0 Å². The van der Waals surface area contributed by atoms with Gasteiger partial charge in [0.2, 0.25) is 17.6 Å². The summed E-state index contributed by atoms with van der Waals surface area (Å²) in [5, 5.41) is 11.4. The molecule has 11 nitrogen and oxygen atoms in total. The lowest BCUT2D eigenvalue weighted by atomic mass is 9.95. The Morgan fingerprint density at radius 3 is 2.56 bits per heavy atom. The molecule has 0 saturated heterocycles. The molecule has 3 heterocycles. The molecule has 1 fully saturated rings. The van der Waals surface area contributed by atoms with Crippen molar-refractivity contribution in [1.82, 2.24) is 30.7 Å². The van der Waals surface area contributed by atoms with Gasteiger partial charge in [0, 0.05) is 18.7 Å². The van der Waals surface area contributed by atoms with Crippen LogP contribution in [0.2, 0.25) is 0 Å². The molecular weight excluding hydrogens is 581 g/mol. The molecule has 4 aromatic rings. The first-order valence-corrected chi connectivity index (χ1v) is 13.4. The van der Waals surface area contributed by atoms with Gasteiger partial charge in [-0.15, -0.1) is 0 Å². The van der Waals surface area contributed by atoms with E-state index in [2.05, 4.69) is 36.1 Å². The zero-order valence-corrected chi connectivity index (χ0v) is 22.4. The van der Waals surface area contributed by atoms with Gasteiger partial charge in [-0.3, -0.25) is 9.59 Å². The molecule has 0 aliphatic heterocycles. The number of halogens is 5. The summed E-state index contributed by atoms with van der Waals surface area (Å²) in [6.45, 7) is -1.15. The molecule has 43 heavy (non-hydrogen) atoms. The summed E-state index contributed by atoms with van der Waals surface area (Å²) in [4.78, 5) is 36.2. The number of nitrogens with one attached hydrogen (secondary N) is 4. The summed E-state index contributed by atoms with van der Waals surface area (Å²) in [5.74, 6) is -1.79. The van der Waals surface area contributed by atoms with Crippen molar-refractivity contribution in [2.75, 3.05) is 11.9 Å². The Morgan fingerprint density at radius 2 is 1.86 bits per heavy atom. The Morgan fingerprint density at radius 1 is 1.07 bits per heavy atom. The quantitative estimate of drug-likeness (QED) is 0.177. The van der Waals surface area contributed by atoms with Crippen molar-refractivity contribution < 1.29 is 40.8 Å². The number of benzene rings is 1. The predicted octanol–water partition coefficient (Wildman–Crippen LogP) is 5.34. The number of carbonyl (C=O) groups excluding carboxylic acids is 2. The zero-order valence-electron chi connectivity index (χ0n) is 22.4. The molecule has 3 aromatic heterocycles. The van der Waals surface area contributed by atoms with Gasteiger partial charge in [0.05, 0.1) is 23.0 Å². The van der Waals surface area contributed by atoms with Crippen LogP contribution in [0.15, 0.2) is 41.1 Å². The number of alkyl halides is 5. The summed E-state index contributed by atoms with van der Waals surface area (Å²) < 4.78 is 77.2. The van der Waals surface area contributed by atoms with Gasteiger partial charge in [-0.05, 0) is 36.6 Å². The van der Waals surface area contributed by atoms with Crippen LogP contribution in [0.5, 0.6) is 5.88 Å². The lowest BCUT2D eigenvalue weighted by Gasteiger charge is -2.23. The minimum atomic E-state index is -4.74. The van der Waals surface area contributed by atoms with Crippen LogP contribution in [0.4, 0.5) is 33.6 Å². The number of aromatic nitrogens is 4. The van der Waals surface area contributed by atoms with Crippen LogP contribution < -0.4 is 20.7 Å². The zero-order chi connectivity index (χ0) is 30.6. The van der Waals surface area contributed by atoms with Gasteiger partial charge in [0.15, 0.2) is 12.3 Å². The average molecular weight is 608 g/mol. The number of imidazole rings is 1. The first-order chi connectivity index (χ1) is 20.6. The maximum atomic E-state index is 13.8. The summed E-state index contributed by atoms with van der Waals surface area (Å²) in [6, 6.07) is 5.79. The molecule has 0 bridgehead atoms. The number of aromatic amines is 1. The second-order valence-electron chi connectivity index (χ2n) is 9.87. The lowest BCUT2D eigenvalue weighted by molar-refractivity contribution is -0.136. The monoisotopic (exact) mass is 607 g/mol. The van der Waals surface area contributed by atoms with Gasteiger partial charge in [-0.1, -0.05) is 30.5 Å². The average Bonchev–Trinajstić information content (AvgIpc) is 3.64. The van der Waals surface area contributed by atoms with Crippen molar-refractivity contribution in [3.8, 4) is 5.88 Å². The highest BCUT2D eigenvalue weighted by atomic mass is 19.4. The minimum Gasteiger partial charge on any atom is -0.471 e. The van der Waals surface area contributed by atoms with Crippen LogP contribution >= 0.6 is 0 Å². The number of H-pyrrole nitrogens is 1. The highest BCUT2D eigenvalue weighted by molar-refractivity contribution is 5.99. The normalized spacial score (nSPS) is 14.2. The van der Waals surface area contributed by atoms with E-state index in [1.165, 1.54) is 30.5 Å². The Balaban J connectivity index is 1.41. The van der Waals surface area contributed by atoms with Crippen LogP contribution in [-0.2, 0) is 12.7 Å². The van der Waals surface area contributed by atoms with E-state index in [9.17, 15) is 31.5 Å². The first-order valence-electron chi connectivity index (χ1n) is 13.4. The maximum Gasteiger partial charge on any atom is 0.418 e. The molecule has 1 saturated carbocycles. The van der Waals surface area contributed by atoms with Gasteiger partial charge in [-0.25, -0.2) is 8.78 Å². The maximum absolute atomic E-state index is 13.8. The number of amides is 2. The van der Waals surface area contributed by atoms with E-state index >= 15 is 0 Å². The molecule has 4 N–H and O–H groups in total. The molecule has 1 aliphatic carbocycles. The van der Waals surface area contributed by atoms with Crippen molar-refractivity contribution >= 4 is 34.6 Å². The molecule has 1 aliphatic rings. The highest BCUT2D eigenvalue weighted by Crippen LogP contribution is 2.37. The van der Waals surface area contributed by atoms with E-state index in [-0.39, 0.29) is 52.6 Å². The lowest BCUT2D eigenvalue weighted by Crippen LogP contribution is -2.36. The van der Waals surface area contributed by atoms with Crippen LogP contribution in [0, 0.1) is 0 Å². The number of ether oxygens (including phenoxy) is 1. The van der Waals surface area contributed by atoms with Gasteiger partial charge in [0.25, 0.3) is 18.2 Å². The van der Waals surface area contributed by atoms with E-state index in [1.807, 2.05) is 0 Å². The Hall–Kier alpha value is -4.76. The Labute approximate surface area is 240 Å². The second-order valence-corrected chi connectivity index (χ2v) is 9.87. The smallest absolute Gasteiger partial charge is 0.418 e. The van der Waals surface area contributed by atoms with Crippen LogP contribution in [-0.4, -0.2) is 51.0 Å². The Bertz CT molecular complexity index is 1580. The van der Waals surface area contributed by atoms with E-state index in [0.717, 1.165) is 38.2 Å². The largest absolute Gasteiger partial charge is 0.471 e. The molecule has 1 aromatic carbocycles. The predicted molar refractivity (Wildman–Crippen MR) is 142 cm³/mol. The molecule has 0 unspecified atom stereocenters. The number of carbonyl (C=O) groups is 2. The van der Waals surface area contributed by atoms with E-state index in [4.69, 9.17) is 9.26 Å². The molecule has 5 rings (SSSR count). The number of rotatable bonds is 10. The fourth-order valence-corrected chi connectivity index (χ4v) is 4.69. The topological polar surface area (TPSA) is 147 Å². The van der Waals surface area contributed by atoms with Crippen molar-refractivity contribution in [3.63, 3.8) is 0 Å². The SMILES string of the molecule is O=C(NCc1ccc(C(F)(F)F)c(Nc2nc3nc(OCC(F)F)c(C(=O)NC4CCCCC4)cc3[nH]2)c1)c1ccno1. The molecule has 228 valence electrons.